The fourth-order valence-electron chi connectivity index (χ4n) is 2.89. The zero-order valence-electron chi connectivity index (χ0n) is 10.5. The highest BCUT2D eigenvalue weighted by molar-refractivity contribution is 4.99. The number of hydrogen-bond acceptors (Lipinski definition) is 4. The van der Waals surface area contributed by atoms with Crippen molar-refractivity contribution in [1.82, 2.24) is 10.2 Å². The average Bonchev–Trinajstić information content (AvgIpc) is 2.34. The number of methoxy groups -OCH3 is 1. The van der Waals surface area contributed by atoms with Crippen LogP contribution in [-0.4, -0.2) is 63.0 Å². The van der Waals surface area contributed by atoms with Gasteiger partial charge in [-0.25, -0.2) is 0 Å². The van der Waals surface area contributed by atoms with E-state index in [0.29, 0.717) is 6.04 Å². The Balaban J connectivity index is 1.98. The van der Waals surface area contributed by atoms with Gasteiger partial charge in [0.2, 0.25) is 0 Å². The van der Waals surface area contributed by atoms with Crippen LogP contribution in [0, 0.1) is 0 Å². The predicted molar refractivity (Wildman–Crippen MR) is 63.7 cm³/mol. The molecule has 2 aliphatic heterocycles. The fourth-order valence-corrected chi connectivity index (χ4v) is 2.89. The molecule has 2 saturated heterocycles. The number of likely N-dealkylation sites (tertiary alicyclic amines) is 1. The Labute approximate surface area is 98.3 Å². The van der Waals surface area contributed by atoms with Crippen molar-refractivity contribution < 1.29 is 9.47 Å². The van der Waals surface area contributed by atoms with E-state index in [1.54, 1.807) is 7.11 Å². The monoisotopic (exact) mass is 228 g/mol. The van der Waals surface area contributed by atoms with Crippen LogP contribution in [0.25, 0.3) is 0 Å². The topological polar surface area (TPSA) is 33.7 Å². The van der Waals surface area contributed by atoms with Gasteiger partial charge in [-0.2, -0.15) is 0 Å². The van der Waals surface area contributed by atoms with Crippen molar-refractivity contribution in [2.75, 3.05) is 46.5 Å². The predicted octanol–water partition coefficient (Wildman–Crippen LogP) is 0.476. The molecule has 4 nitrogen and oxygen atoms in total. The largest absolute Gasteiger partial charge is 0.383 e. The molecule has 0 aliphatic carbocycles. The highest BCUT2D eigenvalue weighted by Crippen LogP contribution is 2.31. The van der Waals surface area contributed by atoms with Gasteiger partial charge in [0.15, 0.2) is 0 Å². The molecular weight excluding hydrogens is 204 g/mol. The number of nitrogens with one attached hydrogen (secondary N) is 1. The molecule has 16 heavy (non-hydrogen) atoms. The highest BCUT2D eigenvalue weighted by atomic mass is 16.5. The summed E-state index contributed by atoms with van der Waals surface area (Å²) in [6, 6.07) is 0.366. The number of hydrogen-bond donors (Lipinski definition) is 1. The van der Waals surface area contributed by atoms with Crippen molar-refractivity contribution in [3.05, 3.63) is 0 Å². The Kier molecular flexibility index (Phi) is 4.19. The molecule has 4 heteroatoms. The summed E-state index contributed by atoms with van der Waals surface area (Å²) in [5.74, 6) is 0. The quantitative estimate of drug-likeness (QED) is 0.761. The third kappa shape index (κ3) is 2.40. The summed E-state index contributed by atoms with van der Waals surface area (Å²) >= 11 is 0. The molecule has 2 aliphatic rings. The lowest BCUT2D eigenvalue weighted by atomic mass is 9.83. The van der Waals surface area contributed by atoms with E-state index in [0.717, 1.165) is 52.2 Å². The summed E-state index contributed by atoms with van der Waals surface area (Å²) in [4.78, 5) is 2.49. The van der Waals surface area contributed by atoms with Gasteiger partial charge in [-0.1, -0.05) is 6.92 Å². The SMILES string of the molecule is CCN1CCC2(CC1)OCCNC2COC. The molecular formula is C12H24N2O2. The molecule has 1 spiro atoms. The molecule has 0 bridgehead atoms. The first-order valence-electron chi connectivity index (χ1n) is 6.39. The minimum absolute atomic E-state index is 0.0277. The van der Waals surface area contributed by atoms with Gasteiger partial charge in [-0.15, -0.1) is 0 Å². The van der Waals surface area contributed by atoms with Crippen molar-refractivity contribution >= 4 is 0 Å². The number of nitrogens with zero attached hydrogens (tertiary/aromatic N) is 1. The fraction of sp³-hybridized carbons (Fsp3) is 1.00. The third-order valence-corrected chi connectivity index (χ3v) is 4.00. The standard InChI is InChI=1S/C12H24N2O2/c1-3-14-7-4-12(5-8-14)11(10-15-2)13-6-9-16-12/h11,13H,3-10H2,1-2H3. The van der Waals surface area contributed by atoms with Gasteiger partial charge < -0.3 is 19.7 Å². The van der Waals surface area contributed by atoms with Crippen LogP contribution >= 0.6 is 0 Å². The molecule has 0 radical (unpaired) electrons. The van der Waals surface area contributed by atoms with E-state index in [1.807, 2.05) is 0 Å². The van der Waals surface area contributed by atoms with E-state index in [1.165, 1.54) is 0 Å². The van der Waals surface area contributed by atoms with Crippen LogP contribution in [0.3, 0.4) is 0 Å². The van der Waals surface area contributed by atoms with Gasteiger partial charge in [0, 0.05) is 26.7 Å². The summed E-state index contributed by atoms with van der Waals surface area (Å²) in [6.07, 6.45) is 2.25. The summed E-state index contributed by atoms with van der Waals surface area (Å²) in [5.41, 5.74) is 0.0277. The molecule has 0 saturated carbocycles. The third-order valence-electron chi connectivity index (χ3n) is 4.00. The molecule has 0 amide bonds. The molecule has 1 N–H and O–H groups in total. The lowest BCUT2D eigenvalue weighted by Crippen LogP contribution is -2.63. The molecule has 2 fully saturated rings. The Bertz CT molecular complexity index is 213. The molecule has 0 aromatic rings. The van der Waals surface area contributed by atoms with Crippen molar-refractivity contribution in [2.45, 2.75) is 31.4 Å². The number of piperidine rings is 1. The first-order chi connectivity index (χ1) is 7.80. The van der Waals surface area contributed by atoms with Gasteiger partial charge in [-0.3, -0.25) is 0 Å². The minimum atomic E-state index is 0.0277. The van der Waals surface area contributed by atoms with E-state index in [9.17, 15) is 0 Å². The lowest BCUT2D eigenvalue weighted by molar-refractivity contribution is -0.138. The highest BCUT2D eigenvalue weighted by Gasteiger charge is 2.44. The minimum Gasteiger partial charge on any atom is -0.383 e. The Hall–Kier alpha value is -0.160. The van der Waals surface area contributed by atoms with Gasteiger partial charge >= 0.3 is 0 Å². The Morgan fingerprint density at radius 3 is 2.81 bits per heavy atom. The van der Waals surface area contributed by atoms with E-state index in [-0.39, 0.29) is 5.60 Å². The number of ether oxygens (including phenoxy) is 2. The normalized spacial score (nSPS) is 30.8. The second-order valence-corrected chi connectivity index (χ2v) is 4.81. The second-order valence-electron chi connectivity index (χ2n) is 4.81. The second kappa shape index (κ2) is 5.45. The summed E-state index contributed by atoms with van der Waals surface area (Å²) in [6.45, 7) is 8.23. The van der Waals surface area contributed by atoms with Crippen molar-refractivity contribution in [1.29, 1.82) is 0 Å². The van der Waals surface area contributed by atoms with Gasteiger partial charge in [-0.05, 0) is 19.4 Å². The van der Waals surface area contributed by atoms with Gasteiger partial charge in [0.05, 0.1) is 24.9 Å². The van der Waals surface area contributed by atoms with Crippen LogP contribution in [-0.2, 0) is 9.47 Å². The van der Waals surface area contributed by atoms with Crippen LogP contribution in [0.15, 0.2) is 0 Å². The summed E-state index contributed by atoms with van der Waals surface area (Å²) in [5, 5.41) is 3.54. The summed E-state index contributed by atoms with van der Waals surface area (Å²) < 4.78 is 11.4. The smallest absolute Gasteiger partial charge is 0.0882 e. The first-order valence-corrected chi connectivity index (χ1v) is 6.39. The average molecular weight is 228 g/mol. The molecule has 94 valence electrons. The maximum Gasteiger partial charge on any atom is 0.0882 e. The van der Waals surface area contributed by atoms with E-state index < -0.39 is 0 Å². The van der Waals surface area contributed by atoms with Crippen molar-refractivity contribution in [3.8, 4) is 0 Å². The maximum atomic E-state index is 6.10. The van der Waals surface area contributed by atoms with Crippen molar-refractivity contribution in [2.24, 2.45) is 0 Å². The maximum absolute atomic E-state index is 6.10. The van der Waals surface area contributed by atoms with Crippen LogP contribution in [0.1, 0.15) is 19.8 Å². The first kappa shape index (κ1) is 12.3. The molecule has 2 rings (SSSR count). The van der Waals surface area contributed by atoms with E-state index in [4.69, 9.17) is 9.47 Å². The van der Waals surface area contributed by atoms with E-state index >= 15 is 0 Å². The molecule has 0 aromatic carbocycles. The Morgan fingerprint density at radius 2 is 2.19 bits per heavy atom. The zero-order valence-corrected chi connectivity index (χ0v) is 10.5. The van der Waals surface area contributed by atoms with Crippen LogP contribution in [0.5, 0.6) is 0 Å². The zero-order chi connectivity index (χ0) is 11.4. The number of rotatable bonds is 3. The summed E-state index contributed by atoms with van der Waals surface area (Å²) in [7, 11) is 1.77. The molecule has 2 heterocycles. The van der Waals surface area contributed by atoms with E-state index in [2.05, 4.69) is 17.1 Å². The van der Waals surface area contributed by atoms with Crippen LogP contribution in [0.4, 0.5) is 0 Å². The number of morpholine rings is 1. The molecule has 1 atom stereocenters. The molecule has 1 unspecified atom stereocenters. The van der Waals surface area contributed by atoms with Gasteiger partial charge in [0.25, 0.3) is 0 Å². The van der Waals surface area contributed by atoms with Crippen LogP contribution in [0.2, 0.25) is 0 Å². The van der Waals surface area contributed by atoms with Crippen molar-refractivity contribution in [3.63, 3.8) is 0 Å². The van der Waals surface area contributed by atoms with Crippen LogP contribution < -0.4 is 5.32 Å². The lowest BCUT2D eigenvalue weighted by Gasteiger charge is -2.48. The Morgan fingerprint density at radius 1 is 1.44 bits per heavy atom. The molecule has 0 aromatic heterocycles. The van der Waals surface area contributed by atoms with Gasteiger partial charge in [0.1, 0.15) is 0 Å².